The Labute approximate surface area is 69.7 Å². The standard InChI is InChI=1S/C8H10O2S/c9-7-5-3-1-2-4-6(5)8(10)11-7/h5-6H,1-4H2/t5-,6-/m1/s1. The SMILES string of the molecule is O=C1SC(=O)[C@@H]2CCCC[C@@H]12. The van der Waals surface area contributed by atoms with Crippen LogP contribution in [0, 0.1) is 11.8 Å². The van der Waals surface area contributed by atoms with E-state index in [1.807, 2.05) is 0 Å². The molecular formula is C8H10O2S. The van der Waals surface area contributed by atoms with E-state index in [0.717, 1.165) is 37.4 Å². The van der Waals surface area contributed by atoms with Crippen molar-refractivity contribution in [2.75, 3.05) is 0 Å². The molecule has 60 valence electrons. The van der Waals surface area contributed by atoms with Crippen LogP contribution < -0.4 is 0 Å². The molecular weight excluding hydrogens is 160 g/mol. The highest BCUT2D eigenvalue weighted by molar-refractivity contribution is 8.26. The summed E-state index contributed by atoms with van der Waals surface area (Å²) in [4.78, 5) is 22.3. The molecule has 1 saturated heterocycles. The molecule has 0 spiro atoms. The summed E-state index contributed by atoms with van der Waals surface area (Å²) in [6.07, 6.45) is 4.14. The number of fused-ring (bicyclic) bond motifs is 1. The van der Waals surface area contributed by atoms with Gasteiger partial charge in [0.2, 0.25) is 0 Å². The average Bonchev–Trinajstić information content (AvgIpc) is 2.30. The molecule has 3 heteroatoms. The molecule has 1 saturated carbocycles. The van der Waals surface area contributed by atoms with Gasteiger partial charge in [0, 0.05) is 11.8 Å². The fraction of sp³-hybridized carbons (Fsp3) is 0.750. The lowest BCUT2D eigenvalue weighted by atomic mass is 9.81. The van der Waals surface area contributed by atoms with Gasteiger partial charge in [-0.05, 0) is 24.6 Å². The zero-order valence-corrected chi connectivity index (χ0v) is 7.02. The Morgan fingerprint density at radius 1 is 1.00 bits per heavy atom. The molecule has 2 nitrogen and oxygen atoms in total. The van der Waals surface area contributed by atoms with Crippen LogP contribution in [0.2, 0.25) is 0 Å². The van der Waals surface area contributed by atoms with Crippen molar-refractivity contribution in [1.82, 2.24) is 0 Å². The summed E-state index contributed by atoms with van der Waals surface area (Å²) in [6.45, 7) is 0. The van der Waals surface area contributed by atoms with E-state index in [4.69, 9.17) is 0 Å². The first-order chi connectivity index (χ1) is 5.29. The third kappa shape index (κ3) is 1.11. The molecule has 2 aliphatic rings. The summed E-state index contributed by atoms with van der Waals surface area (Å²) in [5.74, 6) is 0.169. The van der Waals surface area contributed by atoms with E-state index < -0.39 is 0 Å². The van der Waals surface area contributed by atoms with Crippen LogP contribution in [-0.4, -0.2) is 10.2 Å². The Morgan fingerprint density at radius 2 is 1.45 bits per heavy atom. The van der Waals surface area contributed by atoms with Crippen LogP contribution >= 0.6 is 11.8 Å². The van der Waals surface area contributed by atoms with Crippen molar-refractivity contribution in [2.24, 2.45) is 11.8 Å². The maximum Gasteiger partial charge on any atom is 0.200 e. The molecule has 0 aromatic heterocycles. The molecule has 2 atom stereocenters. The van der Waals surface area contributed by atoms with Gasteiger partial charge in [0.15, 0.2) is 10.2 Å². The summed E-state index contributed by atoms with van der Waals surface area (Å²) in [5, 5.41) is 0.249. The highest BCUT2D eigenvalue weighted by Crippen LogP contribution is 2.42. The number of hydrogen-bond donors (Lipinski definition) is 0. The van der Waals surface area contributed by atoms with Crippen LogP contribution in [0.4, 0.5) is 0 Å². The van der Waals surface area contributed by atoms with Crippen LogP contribution in [-0.2, 0) is 9.59 Å². The van der Waals surface area contributed by atoms with Crippen molar-refractivity contribution >= 4 is 22.0 Å². The Kier molecular flexibility index (Phi) is 1.75. The minimum Gasteiger partial charge on any atom is -0.286 e. The topological polar surface area (TPSA) is 34.1 Å². The van der Waals surface area contributed by atoms with Crippen molar-refractivity contribution in [3.8, 4) is 0 Å². The Morgan fingerprint density at radius 3 is 1.91 bits per heavy atom. The van der Waals surface area contributed by atoms with Gasteiger partial charge in [-0.3, -0.25) is 9.59 Å². The summed E-state index contributed by atoms with van der Waals surface area (Å²) in [5.41, 5.74) is 0. The molecule has 2 fully saturated rings. The third-order valence-corrected chi connectivity index (χ3v) is 3.58. The van der Waals surface area contributed by atoms with E-state index in [-0.39, 0.29) is 22.1 Å². The van der Waals surface area contributed by atoms with Gasteiger partial charge in [0.25, 0.3) is 0 Å². The Hall–Kier alpha value is -0.310. The number of hydrogen-bond acceptors (Lipinski definition) is 3. The predicted molar refractivity (Wildman–Crippen MR) is 43.1 cm³/mol. The van der Waals surface area contributed by atoms with Crippen molar-refractivity contribution in [3.05, 3.63) is 0 Å². The van der Waals surface area contributed by atoms with Crippen LogP contribution in [0.5, 0.6) is 0 Å². The second kappa shape index (κ2) is 2.63. The molecule has 0 radical (unpaired) electrons. The fourth-order valence-electron chi connectivity index (χ4n) is 1.95. The van der Waals surface area contributed by atoms with Gasteiger partial charge in [-0.2, -0.15) is 0 Å². The van der Waals surface area contributed by atoms with E-state index in [2.05, 4.69) is 0 Å². The third-order valence-electron chi connectivity index (χ3n) is 2.57. The quantitative estimate of drug-likeness (QED) is 0.553. The number of carbonyl (C=O) groups is 2. The number of rotatable bonds is 0. The van der Waals surface area contributed by atoms with Crippen molar-refractivity contribution < 1.29 is 9.59 Å². The molecule has 0 unspecified atom stereocenters. The predicted octanol–water partition coefficient (Wildman–Crippen LogP) is 1.59. The van der Waals surface area contributed by atoms with Gasteiger partial charge in [-0.1, -0.05) is 12.8 Å². The molecule has 11 heavy (non-hydrogen) atoms. The minimum absolute atomic E-state index is 0.0845. The molecule has 0 bridgehead atoms. The molecule has 0 N–H and O–H groups in total. The summed E-state index contributed by atoms with van der Waals surface area (Å²) in [6, 6.07) is 0. The van der Waals surface area contributed by atoms with Crippen LogP contribution in [0.15, 0.2) is 0 Å². The van der Waals surface area contributed by atoms with Crippen LogP contribution in [0.25, 0.3) is 0 Å². The average molecular weight is 170 g/mol. The summed E-state index contributed by atoms with van der Waals surface area (Å²) < 4.78 is 0. The zero-order valence-electron chi connectivity index (χ0n) is 6.21. The molecule has 0 aromatic rings. The molecule has 1 aliphatic carbocycles. The Balaban J connectivity index is 2.19. The van der Waals surface area contributed by atoms with Gasteiger partial charge >= 0.3 is 0 Å². The molecule has 1 heterocycles. The van der Waals surface area contributed by atoms with Crippen molar-refractivity contribution in [3.63, 3.8) is 0 Å². The van der Waals surface area contributed by atoms with Gasteiger partial charge in [0.1, 0.15) is 0 Å². The summed E-state index contributed by atoms with van der Waals surface area (Å²) >= 11 is 0.948. The van der Waals surface area contributed by atoms with E-state index >= 15 is 0 Å². The van der Waals surface area contributed by atoms with Crippen molar-refractivity contribution in [1.29, 1.82) is 0 Å². The lowest BCUT2D eigenvalue weighted by molar-refractivity contribution is -0.120. The highest BCUT2D eigenvalue weighted by atomic mass is 32.2. The fourth-order valence-corrected chi connectivity index (χ4v) is 3.01. The van der Waals surface area contributed by atoms with Crippen molar-refractivity contribution in [2.45, 2.75) is 25.7 Å². The lowest BCUT2D eigenvalue weighted by Gasteiger charge is -2.20. The molecule has 2 rings (SSSR count). The normalized spacial score (nSPS) is 37.5. The van der Waals surface area contributed by atoms with E-state index in [9.17, 15) is 9.59 Å². The maximum atomic E-state index is 11.2. The molecule has 1 aliphatic heterocycles. The van der Waals surface area contributed by atoms with Gasteiger partial charge < -0.3 is 0 Å². The van der Waals surface area contributed by atoms with E-state index in [1.165, 1.54) is 0 Å². The Bertz CT molecular complexity index is 190. The monoisotopic (exact) mass is 170 g/mol. The van der Waals surface area contributed by atoms with Gasteiger partial charge in [-0.25, -0.2) is 0 Å². The highest BCUT2D eigenvalue weighted by Gasteiger charge is 2.43. The van der Waals surface area contributed by atoms with Gasteiger partial charge in [0.05, 0.1) is 0 Å². The largest absolute Gasteiger partial charge is 0.286 e. The first-order valence-electron chi connectivity index (χ1n) is 4.04. The number of thioether (sulfide) groups is 1. The molecule has 0 amide bonds. The zero-order chi connectivity index (χ0) is 7.84. The first kappa shape index (κ1) is 7.35. The second-order valence-corrected chi connectivity index (χ2v) is 4.25. The maximum absolute atomic E-state index is 11.2. The van der Waals surface area contributed by atoms with E-state index in [1.54, 1.807) is 0 Å². The van der Waals surface area contributed by atoms with Gasteiger partial charge in [-0.15, -0.1) is 0 Å². The molecule has 0 aromatic carbocycles. The number of carbonyl (C=O) groups excluding carboxylic acids is 2. The van der Waals surface area contributed by atoms with Crippen LogP contribution in [0.3, 0.4) is 0 Å². The van der Waals surface area contributed by atoms with E-state index in [0.29, 0.717) is 0 Å². The van der Waals surface area contributed by atoms with Crippen LogP contribution in [0.1, 0.15) is 25.7 Å². The summed E-state index contributed by atoms with van der Waals surface area (Å²) in [7, 11) is 0. The minimum atomic E-state index is 0.0845. The smallest absolute Gasteiger partial charge is 0.200 e. The second-order valence-electron chi connectivity index (χ2n) is 3.24. The first-order valence-corrected chi connectivity index (χ1v) is 4.86. The lowest BCUT2D eigenvalue weighted by Crippen LogP contribution is -2.21.